The summed E-state index contributed by atoms with van der Waals surface area (Å²) in [4.78, 5) is 6.85. The number of nitrogens with one attached hydrogen (secondary N) is 1. The highest BCUT2D eigenvalue weighted by molar-refractivity contribution is 5.48. The third kappa shape index (κ3) is 4.34. The highest BCUT2D eigenvalue weighted by Gasteiger charge is 2.43. The highest BCUT2D eigenvalue weighted by Crippen LogP contribution is 2.40. The van der Waals surface area contributed by atoms with Crippen LogP contribution in [0.1, 0.15) is 32.7 Å². The molecule has 180 valence electrons. The van der Waals surface area contributed by atoms with Crippen molar-refractivity contribution in [2.75, 3.05) is 30.4 Å². The molecule has 2 aromatic heterocycles. The number of rotatable bonds is 7. The summed E-state index contributed by atoms with van der Waals surface area (Å²) in [5, 5.41) is 16.1. The van der Waals surface area contributed by atoms with E-state index in [1.54, 1.807) is 18.0 Å². The lowest BCUT2D eigenvalue weighted by Crippen LogP contribution is -2.48. The van der Waals surface area contributed by atoms with Crippen LogP contribution in [0.3, 0.4) is 0 Å². The van der Waals surface area contributed by atoms with Crippen LogP contribution in [0.5, 0.6) is 17.6 Å². The van der Waals surface area contributed by atoms with Gasteiger partial charge in [-0.15, -0.1) is 10.2 Å². The number of aromatic nitrogens is 5. The van der Waals surface area contributed by atoms with Crippen LogP contribution in [0.25, 0.3) is 0 Å². The first-order valence-electron chi connectivity index (χ1n) is 11.4. The van der Waals surface area contributed by atoms with Crippen molar-refractivity contribution in [3.8, 4) is 17.6 Å². The van der Waals surface area contributed by atoms with Crippen LogP contribution in [0.15, 0.2) is 30.5 Å². The third-order valence-corrected chi connectivity index (χ3v) is 6.51. The average Bonchev–Trinajstić information content (AvgIpc) is 3.32. The molecule has 0 radical (unpaired) electrons. The average molecular weight is 472 g/mol. The molecule has 3 atom stereocenters. The van der Waals surface area contributed by atoms with Crippen molar-refractivity contribution >= 4 is 11.6 Å². The van der Waals surface area contributed by atoms with Gasteiger partial charge in [0.05, 0.1) is 25.0 Å². The molecule has 5 rings (SSSR count). The zero-order valence-electron chi connectivity index (χ0n) is 19.3. The van der Waals surface area contributed by atoms with Crippen LogP contribution < -0.4 is 19.7 Å². The molecule has 1 unspecified atom stereocenters. The molecule has 2 fully saturated rings. The van der Waals surface area contributed by atoms with Gasteiger partial charge in [0.15, 0.2) is 11.6 Å². The summed E-state index contributed by atoms with van der Waals surface area (Å²) in [6.07, 6.45) is 3.98. The van der Waals surface area contributed by atoms with E-state index < -0.39 is 11.6 Å². The van der Waals surface area contributed by atoms with Crippen molar-refractivity contribution < 1.29 is 18.3 Å². The summed E-state index contributed by atoms with van der Waals surface area (Å²) in [7, 11) is 1.58. The summed E-state index contributed by atoms with van der Waals surface area (Å²) in [5.74, 6) is 0.0593. The largest absolute Gasteiger partial charge is 0.480 e. The third-order valence-electron chi connectivity index (χ3n) is 6.51. The normalized spacial score (nSPS) is 21.7. The summed E-state index contributed by atoms with van der Waals surface area (Å²) in [6.45, 7) is 5.67. The number of ether oxygens (including phenoxy) is 2. The van der Waals surface area contributed by atoms with Gasteiger partial charge in [-0.25, -0.2) is 13.5 Å². The number of methoxy groups -OCH3 is 1. The Morgan fingerprint density at radius 3 is 2.53 bits per heavy atom. The predicted molar refractivity (Wildman–Crippen MR) is 121 cm³/mol. The fourth-order valence-electron chi connectivity index (χ4n) is 4.85. The van der Waals surface area contributed by atoms with Gasteiger partial charge in [0.1, 0.15) is 5.75 Å². The Kier molecular flexibility index (Phi) is 5.93. The van der Waals surface area contributed by atoms with Crippen LogP contribution in [-0.4, -0.2) is 51.2 Å². The van der Waals surface area contributed by atoms with Gasteiger partial charge in [0, 0.05) is 31.3 Å². The topological polar surface area (TPSA) is 90.2 Å². The zero-order chi connectivity index (χ0) is 23.8. The van der Waals surface area contributed by atoms with Crippen molar-refractivity contribution in [1.82, 2.24) is 25.0 Å². The minimum atomic E-state index is -0.975. The Labute approximate surface area is 196 Å². The van der Waals surface area contributed by atoms with Crippen molar-refractivity contribution in [1.29, 1.82) is 0 Å². The lowest BCUT2D eigenvalue weighted by atomic mass is 9.92. The van der Waals surface area contributed by atoms with Crippen molar-refractivity contribution in [2.24, 2.45) is 11.8 Å². The molecule has 3 heterocycles. The first-order valence-corrected chi connectivity index (χ1v) is 11.4. The minimum Gasteiger partial charge on any atom is -0.480 e. The Hall–Kier alpha value is -3.50. The van der Waals surface area contributed by atoms with Gasteiger partial charge in [-0.2, -0.15) is 10.1 Å². The lowest BCUT2D eigenvalue weighted by molar-refractivity contribution is 0.371. The Morgan fingerprint density at radius 2 is 1.85 bits per heavy atom. The van der Waals surface area contributed by atoms with E-state index in [1.165, 1.54) is 6.07 Å². The van der Waals surface area contributed by atoms with E-state index in [4.69, 9.17) is 9.47 Å². The van der Waals surface area contributed by atoms with E-state index in [0.717, 1.165) is 43.8 Å². The molecule has 2 bridgehead atoms. The SMILES string of the molecule is COc1cc(N2C[C@H]3CC[C@@H](C2)C3Nc2nc(Oc3ccc(F)c(F)c3)n(C(C)C)n2)cnn1. The summed E-state index contributed by atoms with van der Waals surface area (Å²) < 4.78 is 39.5. The van der Waals surface area contributed by atoms with Gasteiger partial charge in [-0.05, 0) is 50.7 Å². The minimum absolute atomic E-state index is 0.0314. The maximum absolute atomic E-state index is 13.6. The van der Waals surface area contributed by atoms with E-state index in [0.29, 0.717) is 23.7 Å². The van der Waals surface area contributed by atoms with Gasteiger partial charge in [0.25, 0.3) is 0 Å². The molecule has 3 aromatic rings. The van der Waals surface area contributed by atoms with Gasteiger partial charge in [0.2, 0.25) is 11.8 Å². The second kappa shape index (κ2) is 9.03. The molecular formula is C23H27F2N7O2. The lowest BCUT2D eigenvalue weighted by Gasteiger charge is -2.39. The predicted octanol–water partition coefficient (Wildman–Crippen LogP) is 4.06. The number of hydrogen-bond donors (Lipinski definition) is 1. The van der Waals surface area contributed by atoms with E-state index in [-0.39, 0.29) is 23.8 Å². The second-order valence-corrected chi connectivity index (χ2v) is 9.06. The maximum Gasteiger partial charge on any atom is 0.322 e. The molecule has 0 spiro atoms. The number of halogens is 2. The second-order valence-electron chi connectivity index (χ2n) is 9.06. The number of nitrogens with zero attached hydrogens (tertiary/aromatic N) is 6. The van der Waals surface area contributed by atoms with Crippen LogP contribution in [-0.2, 0) is 0 Å². The number of benzene rings is 1. The van der Waals surface area contributed by atoms with Crippen LogP contribution in [0, 0.1) is 23.5 Å². The number of fused-ring (bicyclic) bond motifs is 2. The maximum atomic E-state index is 13.6. The standard InChI is InChI=1S/C23H27F2N7O2/c1-13(2)32-23(34-17-6-7-18(24)19(25)9-17)28-22(30-32)27-21-14-4-5-15(21)12-31(11-14)16-8-20(33-3)29-26-10-16/h6-10,13-15,21H,4-5,11-12H2,1-3H3,(H,27,30)/t14-,15+,21?. The molecule has 1 aromatic carbocycles. The van der Waals surface area contributed by atoms with Crippen molar-refractivity contribution in [2.45, 2.75) is 38.8 Å². The molecule has 1 aliphatic carbocycles. The van der Waals surface area contributed by atoms with Crippen LogP contribution >= 0.6 is 0 Å². The van der Waals surface area contributed by atoms with Crippen molar-refractivity contribution in [3.63, 3.8) is 0 Å². The number of hydrogen-bond acceptors (Lipinski definition) is 8. The quantitative estimate of drug-likeness (QED) is 0.552. The summed E-state index contributed by atoms with van der Waals surface area (Å²) in [6, 6.07) is 5.73. The van der Waals surface area contributed by atoms with E-state index in [1.807, 2.05) is 19.9 Å². The number of piperidine rings is 1. The zero-order valence-corrected chi connectivity index (χ0v) is 19.3. The Balaban J connectivity index is 1.32. The summed E-state index contributed by atoms with van der Waals surface area (Å²) >= 11 is 0. The molecular weight excluding hydrogens is 444 g/mol. The van der Waals surface area contributed by atoms with Crippen molar-refractivity contribution in [3.05, 3.63) is 42.1 Å². The first-order chi connectivity index (χ1) is 16.4. The molecule has 2 aliphatic rings. The first kappa shape index (κ1) is 22.3. The summed E-state index contributed by atoms with van der Waals surface area (Å²) in [5.41, 5.74) is 1.01. The Bertz CT molecular complexity index is 1160. The molecule has 1 aliphatic heterocycles. The molecule has 1 saturated heterocycles. The van der Waals surface area contributed by atoms with Crippen LogP contribution in [0.2, 0.25) is 0 Å². The molecule has 34 heavy (non-hydrogen) atoms. The van der Waals surface area contributed by atoms with Gasteiger partial charge in [-0.1, -0.05) is 0 Å². The van der Waals surface area contributed by atoms with E-state index >= 15 is 0 Å². The van der Waals surface area contributed by atoms with E-state index in [9.17, 15) is 8.78 Å². The van der Waals surface area contributed by atoms with Gasteiger partial charge < -0.3 is 19.7 Å². The van der Waals surface area contributed by atoms with Crippen LogP contribution in [0.4, 0.5) is 20.4 Å². The fraction of sp³-hybridized carbons (Fsp3) is 0.478. The molecule has 9 nitrogen and oxygen atoms in total. The molecule has 11 heteroatoms. The molecule has 1 N–H and O–H groups in total. The van der Waals surface area contributed by atoms with Gasteiger partial charge >= 0.3 is 6.01 Å². The Morgan fingerprint density at radius 1 is 1.09 bits per heavy atom. The fourth-order valence-corrected chi connectivity index (χ4v) is 4.85. The monoisotopic (exact) mass is 471 g/mol. The van der Waals surface area contributed by atoms with E-state index in [2.05, 4.69) is 30.5 Å². The number of anilines is 2. The smallest absolute Gasteiger partial charge is 0.322 e. The van der Waals surface area contributed by atoms with Gasteiger partial charge in [-0.3, -0.25) is 0 Å². The molecule has 1 saturated carbocycles. The molecule has 0 amide bonds. The highest BCUT2D eigenvalue weighted by atomic mass is 19.2.